The van der Waals surface area contributed by atoms with Crippen molar-refractivity contribution in [3.8, 4) is 6.07 Å². The Morgan fingerprint density at radius 2 is 2.25 bits per heavy atom. The maximum absolute atomic E-state index is 11.6. The van der Waals surface area contributed by atoms with Gasteiger partial charge in [0.15, 0.2) is 0 Å². The van der Waals surface area contributed by atoms with Crippen LogP contribution < -0.4 is 5.32 Å². The molecule has 1 N–H and O–H groups in total. The molecule has 2 fully saturated rings. The second-order valence-corrected chi connectivity index (χ2v) is 5.35. The molecule has 0 spiro atoms. The molecule has 0 atom stereocenters. The second kappa shape index (κ2) is 4.42. The van der Waals surface area contributed by atoms with Crippen molar-refractivity contribution in [2.24, 2.45) is 5.41 Å². The molecule has 0 aromatic rings. The largest absolute Gasteiger partial charge is 0.352 e. The van der Waals surface area contributed by atoms with E-state index >= 15 is 0 Å². The SMILES string of the molecule is CN(CC(=O)NC1CC1)CC1(CC#N)CC1. The molecular weight excluding hydrogens is 202 g/mol. The van der Waals surface area contributed by atoms with Gasteiger partial charge in [0.25, 0.3) is 0 Å². The quantitative estimate of drug-likeness (QED) is 0.724. The zero-order valence-corrected chi connectivity index (χ0v) is 9.83. The smallest absolute Gasteiger partial charge is 0.234 e. The van der Waals surface area contributed by atoms with Crippen LogP contribution in [0, 0.1) is 16.7 Å². The number of hydrogen-bond acceptors (Lipinski definition) is 3. The lowest BCUT2D eigenvalue weighted by Crippen LogP contribution is -2.38. The zero-order chi connectivity index (χ0) is 11.6. The fourth-order valence-electron chi connectivity index (χ4n) is 2.11. The Morgan fingerprint density at radius 1 is 1.56 bits per heavy atom. The molecule has 0 aromatic carbocycles. The molecular formula is C12H19N3O. The Balaban J connectivity index is 1.69. The summed E-state index contributed by atoms with van der Waals surface area (Å²) in [6, 6.07) is 2.68. The van der Waals surface area contributed by atoms with Crippen molar-refractivity contribution in [3.05, 3.63) is 0 Å². The van der Waals surface area contributed by atoms with Gasteiger partial charge in [-0.3, -0.25) is 9.69 Å². The molecule has 2 aliphatic rings. The highest BCUT2D eigenvalue weighted by Gasteiger charge is 2.43. The van der Waals surface area contributed by atoms with Crippen LogP contribution in [0.1, 0.15) is 32.1 Å². The predicted octanol–water partition coefficient (Wildman–Crippen LogP) is 0.891. The Morgan fingerprint density at radius 3 is 2.75 bits per heavy atom. The fourth-order valence-corrected chi connectivity index (χ4v) is 2.11. The summed E-state index contributed by atoms with van der Waals surface area (Å²) in [5.41, 5.74) is 0.198. The van der Waals surface area contributed by atoms with Gasteiger partial charge < -0.3 is 5.32 Å². The summed E-state index contributed by atoms with van der Waals surface area (Å²) in [6.07, 6.45) is 5.16. The molecule has 2 rings (SSSR count). The van der Waals surface area contributed by atoms with Crippen molar-refractivity contribution in [2.75, 3.05) is 20.1 Å². The standard InChI is InChI=1S/C12H19N3O/c1-15(8-11(16)14-10-2-3-10)9-12(4-5-12)6-7-13/h10H,2-6,8-9H2,1H3,(H,14,16). The molecule has 2 aliphatic carbocycles. The number of carbonyl (C=O) groups excluding carboxylic acids is 1. The van der Waals surface area contributed by atoms with Crippen LogP contribution in [0.15, 0.2) is 0 Å². The molecule has 4 heteroatoms. The van der Waals surface area contributed by atoms with Gasteiger partial charge in [0, 0.05) is 19.0 Å². The summed E-state index contributed by atoms with van der Waals surface area (Å²) >= 11 is 0. The van der Waals surface area contributed by atoms with Crippen molar-refractivity contribution in [1.29, 1.82) is 5.26 Å². The molecule has 2 saturated carbocycles. The third-order valence-corrected chi connectivity index (χ3v) is 3.37. The number of rotatable bonds is 6. The van der Waals surface area contributed by atoms with Gasteiger partial charge in [-0.1, -0.05) is 0 Å². The van der Waals surface area contributed by atoms with Crippen LogP contribution in [-0.2, 0) is 4.79 Å². The van der Waals surface area contributed by atoms with E-state index in [-0.39, 0.29) is 11.3 Å². The number of nitrogens with one attached hydrogen (secondary N) is 1. The lowest BCUT2D eigenvalue weighted by molar-refractivity contribution is -0.122. The van der Waals surface area contributed by atoms with Gasteiger partial charge in [0.1, 0.15) is 0 Å². The highest BCUT2D eigenvalue weighted by molar-refractivity contribution is 5.78. The van der Waals surface area contributed by atoms with Crippen LogP contribution >= 0.6 is 0 Å². The molecule has 0 unspecified atom stereocenters. The molecule has 0 radical (unpaired) electrons. The molecule has 16 heavy (non-hydrogen) atoms. The third-order valence-electron chi connectivity index (χ3n) is 3.37. The summed E-state index contributed by atoms with van der Waals surface area (Å²) < 4.78 is 0. The molecule has 0 aliphatic heterocycles. The summed E-state index contributed by atoms with van der Waals surface area (Å²) in [6.45, 7) is 1.34. The van der Waals surface area contributed by atoms with Gasteiger partial charge in [-0.15, -0.1) is 0 Å². The van der Waals surface area contributed by atoms with Crippen molar-refractivity contribution in [3.63, 3.8) is 0 Å². The van der Waals surface area contributed by atoms with E-state index in [2.05, 4.69) is 11.4 Å². The molecule has 0 bridgehead atoms. The number of hydrogen-bond donors (Lipinski definition) is 1. The first kappa shape index (κ1) is 11.4. The summed E-state index contributed by atoms with van der Waals surface area (Å²) in [7, 11) is 1.96. The Bertz CT molecular complexity index is 313. The van der Waals surface area contributed by atoms with E-state index < -0.39 is 0 Å². The van der Waals surface area contributed by atoms with Crippen LogP contribution in [0.4, 0.5) is 0 Å². The summed E-state index contributed by atoms with van der Waals surface area (Å²) in [4.78, 5) is 13.6. The van der Waals surface area contributed by atoms with E-state index in [1.54, 1.807) is 0 Å². The predicted molar refractivity (Wildman–Crippen MR) is 60.6 cm³/mol. The van der Waals surface area contributed by atoms with E-state index in [0.29, 0.717) is 19.0 Å². The molecule has 4 nitrogen and oxygen atoms in total. The van der Waals surface area contributed by atoms with E-state index in [4.69, 9.17) is 5.26 Å². The molecule has 0 heterocycles. The van der Waals surface area contributed by atoms with Crippen molar-refractivity contribution in [2.45, 2.75) is 38.1 Å². The number of nitrogens with zero attached hydrogens (tertiary/aromatic N) is 2. The van der Waals surface area contributed by atoms with Gasteiger partial charge in [0.05, 0.1) is 12.6 Å². The molecule has 0 aromatic heterocycles. The minimum absolute atomic E-state index is 0.123. The van der Waals surface area contributed by atoms with Gasteiger partial charge in [0.2, 0.25) is 5.91 Å². The maximum atomic E-state index is 11.6. The van der Waals surface area contributed by atoms with Crippen molar-refractivity contribution >= 4 is 5.91 Å². The topological polar surface area (TPSA) is 56.1 Å². The number of nitriles is 1. The van der Waals surface area contributed by atoms with Gasteiger partial charge in [-0.2, -0.15) is 5.26 Å². The number of amides is 1. The monoisotopic (exact) mass is 221 g/mol. The minimum atomic E-state index is 0.123. The van der Waals surface area contributed by atoms with Crippen LogP contribution in [0.5, 0.6) is 0 Å². The van der Waals surface area contributed by atoms with Crippen molar-refractivity contribution in [1.82, 2.24) is 10.2 Å². The Kier molecular flexibility index (Phi) is 3.15. The lowest BCUT2D eigenvalue weighted by atomic mass is 10.0. The van der Waals surface area contributed by atoms with Crippen molar-refractivity contribution < 1.29 is 4.79 Å². The first-order chi connectivity index (χ1) is 7.63. The second-order valence-electron chi connectivity index (χ2n) is 5.35. The number of carbonyl (C=O) groups is 1. The van der Waals surface area contributed by atoms with E-state index in [1.165, 1.54) is 0 Å². The minimum Gasteiger partial charge on any atom is -0.352 e. The average Bonchev–Trinajstić information content (AvgIpc) is 3.05. The first-order valence-electron chi connectivity index (χ1n) is 5.98. The van der Waals surface area contributed by atoms with Gasteiger partial charge >= 0.3 is 0 Å². The van der Waals surface area contributed by atoms with Crippen LogP contribution in [0.25, 0.3) is 0 Å². The first-order valence-corrected chi connectivity index (χ1v) is 5.98. The summed E-state index contributed by atoms with van der Waals surface area (Å²) in [5.74, 6) is 0.123. The third kappa shape index (κ3) is 3.21. The molecule has 88 valence electrons. The summed E-state index contributed by atoms with van der Waals surface area (Å²) in [5, 5.41) is 11.7. The molecule has 1 amide bonds. The lowest BCUT2D eigenvalue weighted by Gasteiger charge is -2.21. The van der Waals surface area contributed by atoms with Crippen LogP contribution in [0.3, 0.4) is 0 Å². The highest BCUT2D eigenvalue weighted by atomic mass is 16.2. The van der Waals surface area contributed by atoms with E-state index in [9.17, 15) is 4.79 Å². The van der Waals surface area contributed by atoms with Crippen LogP contribution in [0.2, 0.25) is 0 Å². The molecule has 0 saturated heterocycles. The number of likely N-dealkylation sites (N-methyl/N-ethyl adjacent to an activating group) is 1. The van der Waals surface area contributed by atoms with Crippen LogP contribution in [-0.4, -0.2) is 37.0 Å². The Labute approximate surface area is 96.6 Å². The average molecular weight is 221 g/mol. The van der Waals surface area contributed by atoms with E-state index in [1.807, 2.05) is 11.9 Å². The van der Waals surface area contributed by atoms with Gasteiger partial charge in [-0.05, 0) is 38.1 Å². The normalized spacial score (nSPS) is 21.6. The zero-order valence-electron chi connectivity index (χ0n) is 9.83. The van der Waals surface area contributed by atoms with E-state index in [0.717, 1.165) is 32.2 Å². The fraction of sp³-hybridized carbons (Fsp3) is 0.833. The highest BCUT2D eigenvalue weighted by Crippen LogP contribution is 2.48. The maximum Gasteiger partial charge on any atom is 0.234 e. The van der Waals surface area contributed by atoms with Gasteiger partial charge in [-0.25, -0.2) is 0 Å². The Hall–Kier alpha value is -1.08.